The standard InChI is InChI=1S/C27H41N3O3/c1-4-13-27(25(31)30(26(32)28-27)19-24-6-5-16-33-24)23-11-14-29(15-12-23)18-22-9-7-21(8-10-22)17-20(2)3/h7-10,20,23-24H,4-6,11-19H2,1-3H3,(H,28,32)/t24-,27-/m1/s1. The number of likely N-dealkylation sites (tertiary alicyclic amines) is 1. The lowest BCUT2D eigenvalue weighted by Crippen LogP contribution is -2.56. The molecule has 4 rings (SSSR count). The zero-order valence-electron chi connectivity index (χ0n) is 20.6. The molecule has 6 heteroatoms. The van der Waals surface area contributed by atoms with Gasteiger partial charge in [-0.3, -0.25) is 14.6 Å². The zero-order chi connectivity index (χ0) is 23.4. The lowest BCUT2D eigenvalue weighted by molar-refractivity contribution is -0.135. The second kappa shape index (κ2) is 10.6. The van der Waals surface area contributed by atoms with Gasteiger partial charge in [-0.15, -0.1) is 0 Å². The van der Waals surface area contributed by atoms with Crippen LogP contribution in [0.15, 0.2) is 24.3 Å². The topological polar surface area (TPSA) is 61.9 Å². The van der Waals surface area contributed by atoms with Crippen LogP contribution < -0.4 is 5.32 Å². The molecule has 0 bridgehead atoms. The third-order valence-corrected chi connectivity index (χ3v) is 7.61. The molecule has 6 nitrogen and oxygen atoms in total. The Morgan fingerprint density at radius 3 is 2.39 bits per heavy atom. The average Bonchev–Trinajstić information content (AvgIpc) is 3.39. The van der Waals surface area contributed by atoms with Gasteiger partial charge < -0.3 is 10.1 Å². The first-order valence-electron chi connectivity index (χ1n) is 13.0. The minimum absolute atomic E-state index is 0.00843. The summed E-state index contributed by atoms with van der Waals surface area (Å²) in [5.74, 6) is 0.836. The quantitative estimate of drug-likeness (QED) is 0.562. The minimum atomic E-state index is -0.741. The van der Waals surface area contributed by atoms with Gasteiger partial charge in [-0.2, -0.15) is 0 Å². The summed E-state index contributed by atoms with van der Waals surface area (Å²) in [4.78, 5) is 30.3. The molecule has 0 aromatic heterocycles. The van der Waals surface area contributed by atoms with Crippen molar-refractivity contribution in [3.63, 3.8) is 0 Å². The number of amides is 3. The maximum Gasteiger partial charge on any atom is 0.325 e. The van der Waals surface area contributed by atoms with Gasteiger partial charge in [-0.1, -0.05) is 51.5 Å². The van der Waals surface area contributed by atoms with E-state index in [9.17, 15) is 9.59 Å². The van der Waals surface area contributed by atoms with Crippen LogP contribution in [0.2, 0.25) is 0 Å². The van der Waals surface area contributed by atoms with Crippen molar-refractivity contribution in [2.24, 2.45) is 11.8 Å². The van der Waals surface area contributed by atoms with Crippen molar-refractivity contribution in [2.75, 3.05) is 26.2 Å². The highest BCUT2D eigenvalue weighted by Crippen LogP contribution is 2.37. The van der Waals surface area contributed by atoms with Gasteiger partial charge in [-0.05, 0) is 74.6 Å². The predicted molar refractivity (Wildman–Crippen MR) is 130 cm³/mol. The van der Waals surface area contributed by atoms with Crippen molar-refractivity contribution in [3.05, 3.63) is 35.4 Å². The average molecular weight is 456 g/mol. The van der Waals surface area contributed by atoms with Crippen molar-refractivity contribution >= 4 is 11.9 Å². The summed E-state index contributed by atoms with van der Waals surface area (Å²) >= 11 is 0. The molecule has 0 radical (unpaired) electrons. The van der Waals surface area contributed by atoms with E-state index in [0.717, 1.165) is 64.8 Å². The molecule has 3 saturated heterocycles. The fraction of sp³-hybridized carbons (Fsp3) is 0.704. The van der Waals surface area contributed by atoms with Crippen LogP contribution in [-0.2, 0) is 22.5 Å². The fourth-order valence-corrected chi connectivity index (χ4v) is 5.94. The molecule has 3 fully saturated rings. The predicted octanol–water partition coefficient (Wildman–Crippen LogP) is 4.37. The Labute approximate surface area is 199 Å². The molecule has 3 amide bonds. The van der Waals surface area contributed by atoms with E-state index in [1.807, 2.05) is 0 Å². The second-order valence-corrected chi connectivity index (χ2v) is 10.7. The van der Waals surface area contributed by atoms with E-state index in [1.54, 1.807) is 0 Å². The van der Waals surface area contributed by atoms with E-state index in [-0.39, 0.29) is 24.0 Å². The summed E-state index contributed by atoms with van der Waals surface area (Å²) in [5, 5.41) is 3.16. The highest BCUT2D eigenvalue weighted by atomic mass is 16.5. The van der Waals surface area contributed by atoms with Crippen LogP contribution >= 0.6 is 0 Å². The molecule has 33 heavy (non-hydrogen) atoms. The molecule has 1 N–H and O–H groups in total. The molecule has 0 saturated carbocycles. The molecular weight excluding hydrogens is 414 g/mol. The Kier molecular flexibility index (Phi) is 7.75. The Balaban J connectivity index is 1.36. The van der Waals surface area contributed by atoms with Crippen LogP contribution in [0, 0.1) is 11.8 Å². The smallest absolute Gasteiger partial charge is 0.325 e. The number of nitrogens with zero attached hydrogens (tertiary/aromatic N) is 2. The van der Waals surface area contributed by atoms with Gasteiger partial charge in [0.05, 0.1) is 12.6 Å². The highest BCUT2D eigenvalue weighted by Gasteiger charge is 2.55. The molecule has 3 aliphatic rings. The first-order valence-corrected chi connectivity index (χ1v) is 13.0. The number of piperidine rings is 1. The first kappa shape index (κ1) is 24.2. The summed E-state index contributed by atoms with van der Waals surface area (Å²) in [6.07, 6.45) is 6.50. The van der Waals surface area contributed by atoms with Gasteiger partial charge in [0, 0.05) is 13.2 Å². The van der Waals surface area contributed by atoms with Crippen LogP contribution in [-0.4, -0.2) is 59.6 Å². The van der Waals surface area contributed by atoms with E-state index in [0.29, 0.717) is 18.9 Å². The van der Waals surface area contributed by atoms with Crippen molar-refractivity contribution in [3.8, 4) is 0 Å². The molecule has 182 valence electrons. The molecule has 0 aliphatic carbocycles. The number of nitrogens with one attached hydrogen (secondary N) is 1. The Bertz CT molecular complexity index is 810. The number of imide groups is 1. The molecular formula is C27H41N3O3. The molecule has 0 unspecified atom stereocenters. The van der Waals surface area contributed by atoms with Gasteiger partial charge >= 0.3 is 6.03 Å². The van der Waals surface area contributed by atoms with Crippen LogP contribution in [0.5, 0.6) is 0 Å². The number of ether oxygens (including phenoxy) is 1. The molecule has 0 spiro atoms. The monoisotopic (exact) mass is 455 g/mol. The van der Waals surface area contributed by atoms with E-state index < -0.39 is 5.54 Å². The van der Waals surface area contributed by atoms with Crippen molar-refractivity contribution in [1.29, 1.82) is 0 Å². The summed E-state index contributed by atoms with van der Waals surface area (Å²) < 4.78 is 5.70. The molecule has 3 heterocycles. The van der Waals surface area contributed by atoms with Gasteiger partial charge in [0.1, 0.15) is 5.54 Å². The van der Waals surface area contributed by atoms with E-state index >= 15 is 0 Å². The number of hydrogen-bond donors (Lipinski definition) is 1. The Morgan fingerprint density at radius 1 is 1.09 bits per heavy atom. The SMILES string of the molecule is CCC[C@]1(C2CCN(Cc3ccc(CC(C)C)cc3)CC2)NC(=O)N(C[C@H]2CCCO2)C1=O. The summed E-state index contributed by atoms with van der Waals surface area (Å²) in [7, 11) is 0. The normalized spacial score (nSPS) is 27.0. The van der Waals surface area contributed by atoms with Crippen LogP contribution in [0.3, 0.4) is 0 Å². The fourth-order valence-electron chi connectivity index (χ4n) is 5.94. The Morgan fingerprint density at radius 2 is 1.79 bits per heavy atom. The molecule has 3 aliphatic heterocycles. The lowest BCUT2D eigenvalue weighted by Gasteiger charge is -2.41. The van der Waals surface area contributed by atoms with E-state index in [1.165, 1.54) is 16.0 Å². The van der Waals surface area contributed by atoms with Crippen molar-refractivity contribution < 1.29 is 14.3 Å². The zero-order valence-corrected chi connectivity index (χ0v) is 20.6. The summed E-state index contributed by atoms with van der Waals surface area (Å²) in [6.45, 7) is 10.6. The van der Waals surface area contributed by atoms with Gasteiger partial charge in [-0.25, -0.2) is 4.79 Å². The lowest BCUT2D eigenvalue weighted by atomic mass is 9.74. The van der Waals surface area contributed by atoms with E-state index in [4.69, 9.17) is 4.74 Å². The third kappa shape index (κ3) is 5.43. The third-order valence-electron chi connectivity index (χ3n) is 7.61. The maximum absolute atomic E-state index is 13.6. The summed E-state index contributed by atoms with van der Waals surface area (Å²) in [6, 6.07) is 8.80. The summed E-state index contributed by atoms with van der Waals surface area (Å²) in [5.41, 5.74) is 2.00. The van der Waals surface area contributed by atoms with Gasteiger partial charge in [0.2, 0.25) is 0 Å². The Hall–Kier alpha value is -1.92. The van der Waals surface area contributed by atoms with Crippen LogP contribution in [0.4, 0.5) is 4.79 Å². The molecule has 1 aromatic carbocycles. The number of rotatable bonds is 9. The van der Waals surface area contributed by atoms with Gasteiger partial charge in [0.15, 0.2) is 0 Å². The minimum Gasteiger partial charge on any atom is -0.376 e. The van der Waals surface area contributed by atoms with Crippen molar-refractivity contribution in [1.82, 2.24) is 15.1 Å². The maximum atomic E-state index is 13.6. The van der Waals surface area contributed by atoms with E-state index in [2.05, 4.69) is 55.3 Å². The molecule has 1 aromatic rings. The number of carbonyl (C=O) groups is 2. The first-order chi connectivity index (χ1) is 15.9. The van der Waals surface area contributed by atoms with Crippen LogP contribution in [0.1, 0.15) is 70.4 Å². The molecule has 2 atom stereocenters. The number of carbonyl (C=O) groups excluding carboxylic acids is 2. The van der Waals surface area contributed by atoms with Gasteiger partial charge in [0.25, 0.3) is 5.91 Å². The number of benzene rings is 1. The van der Waals surface area contributed by atoms with Crippen LogP contribution in [0.25, 0.3) is 0 Å². The largest absolute Gasteiger partial charge is 0.376 e. The highest BCUT2D eigenvalue weighted by molar-refractivity contribution is 6.07. The number of urea groups is 1. The number of hydrogen-bond acceptors (Lipinski definition) is 4. The van der Waals surface area contributed by atoms with Crippen molar-refractivity contribution in [2.45, 2.75) is 83.9 Å². The second-order valence-electron chi connectivity index (χ2n) is 10.7.